The van der Waals surface area contributed by atoms with Gasteiger partial charge in [0.25, 0.3) is 0 Å². The molecule has 0 saturated heterocycles. The standard InChI is InChI=1S/C16H18N4OS/c1-11(2)16(3,10-17)19-14(21)9-22-15-13-7-5-4-6-12(13)8-18-20-15/h4-8,11H,9H2,1-3H3,(H,19,21)/t16-/m1/s1. The van der Waals surface area contributed by atoms with Crippen LogP contribution < -0.4 is 5.32 Å². The maximum Gasteiger partial charge on any atom is 0.231 e. The number of fused-ring (bicyclic) bond motifs is 1. The van der Waals surface area contributed by atoms with Gasteiger partial charge in [-0.1, -0.05) is 49.9 Å². The first-order valence-electron chi connectivity index (χ1n) is 7.02. The predicted octanol–water partition coefficient (Wildman–Crippen LogP) is 2.78. The van der Waals surface area contributed by atoms with E-state index in [1.807, 2.05) is 38.1 Å². The average Bonchev–Trinajstić information content (AvgIpc) is 2.52. The Morgan fingerprint density at radius 3 is 2.86 bits per heavy atom. The lowest BCUT2D eigenvalue weighted by molar-refractivity contribution is -0.120. The molecule has 0 spiro atoms. The predicted molar refractivity (Wildman–Crippen MR) is 87.3 cm³/mol. The van der Waals surface area contributed by atoms with Crippen molar-refractivity contribution in [2.75, 3.05) is 5.75 Å². The number of hydrogen-bond acceptors (Lipinski definition) is 5. The SMILES string of the molecule is CC(C)[C@@](C)(C#N)NC(=O)CSc1nncc2ccccc12. The number of rotatable bonds is 5. The Morgan fingerprint density at radius 2 is 2.18 bits per heavy atom. The number of amides is 1. The largest absolute Gasteiger partial charge is 0.337 e. The van der Waals surface area contributed by atoms with E-state index in [2.05, 4.69) is 21.6 Å². The minimum atomic E-state index is -0.859. The second kappa shape index (κ2) is 6.75. The third kappa shape index (κ3) is 3.55. The van der Waals surface area contributed by atoms with Crippen LogP contribution in [0.25, 0.3) is 10.8 Å². The monoisotopic (exact) mass is 314 g/mol. The van der Waals surface area contributed by atoms with Crippen molar-refractivity contribution < 1.29 is 4.79 Å². The lowest BCUT2D eigenvalue weighted by atomic mass is 9.90. The highest BCUT2D eigenvalue weighted by molar-refractivity contribution is 8.00. The molecule has 0 aliphatic carbocycles. The van der Waals surface area contributed by atoms with Gasteiger partial charge in [-0.3, -0.25) is 4.79 Å². The van der Waals surface area contributed by atoms with Crippen LogP contribution in [0.5, 0.6) is 0 Å². The van der Waals surface area contributed by atoms with Gasteiger partial charge < -0.3 is 5.32 Å². The van der Waals surface area contributed by atoms with Gasteiger partial charge in [0.1, 0.15) is 10.6 Å². The fourth-order valence-corrected chi connectivity index (χ4v) is 2.66. The zero-order valence-corrected chi connectivity index (χ0v) is 13.6. The molecule has 22 heavy (non-hydrogen) atoms. The molecule has 0 aliphatic heterocycles. The Bertz CT molecular complexity index is 720. The zero-order chi connectivity index (χ0) is 16.2. The summed E-state index contributed by atoms with van der Waals surface area (Å²) in [4.78, 5) is 12.1. The van der Waals surface area contributed by atoms with Crippen molar-refractivity contribution in [1.82, 2.24) is 15.5 Å². The van der Waals surface area contributed by atoms with Crippen LogP contribution in [0.4, 0.5) is 0 Å². The maximum absolute atomic E-state index is 12.1. The van der Waals surface area contributed by atoms with Crippen molar-refractivity contribution in [1.29, 1.82) is 5.26 Å². The molecule has 2 aromatic rings. The summed E-state index contributed by atoms with van der Waals surface area (Å²) in [6, 6.07) is 9.95. The molecule has 0 unspecified atom stereocenters. The molecular weight excluding hydrogens is 296 g/mol. The summed E-state index contributed by atoms with van der Waals surface area (Å²) in [5, 5.41) is 22.8. The van der Waals surface area contributed by atoms with Crippen LogP contribution in [-0.2, 0) is 4.79 Å². The minimum absolute atomic E-state index is 0.0313. The smallest absolute Gasteiger partial charge is 0.231 e. The molecule has 1 atom stereocenters. The molecule has 1 amide bonds. The van der Waals surface area contributed by atoms with Gasteiger partial charge in [0.05, 0.1) is 18.0 Å². The molecule has 0 fully saturated rings. The number of benzene rings is 1. The van der Waals surface area contributed by atoms with Gasteiger partial charge in [-0.05, 0) is 12.8 Å². The van der Waals surface area contributed by atoms with E-state index in [9.17, 15) is 10.1 Å². The number of aromatic nitrogens is 2. The number of carbonyl (C=O) groups is 1. The molecule has 0 aliphatic rings. The third-order valence-corrected chi connectivity index (χ3v) is 4.64. The van der Waals surface area contributed by atoms with Crippen molar-refractivity contribution in [2.45, 2.75) is 31.3 Å². The van der Waals surface area contributed by atoms with E-state index in [4.69, 9.17) is 0 Å². The summed E-state index contributed by atoms with van der Waals surface area (Å²) < 4.78 is 0. The molecule has 1 heterocycles. The molecule has 114 valence electrons. The van der Waals surface area contributed by atoms with Crippen molar-refractivity contribution in [3.8, 4) is 6.07 Å². The van der Waals surface area contributed by atoms with Gasteiger partial charge >= 0.3 is 0 Å². The molecule has 0 bridgehead atoms. The van der Waals surface area contributed by atoms with Gasteiger partial charge in [-0.15, -0.1) is 5.10 Å². The minimum Gasteiger partial charge on any atom is -0.337 e. The Labute approximate surface area is 134 Å². The first-order valence-corrected chi connectivity index (χ1v) is 8.00. The van der Waals surface area contributed by atoms with E-state index in [-0.39, 0.29) is 17.6 Å². The lowest BCUT2D eigenvalue weighted by Crippen LogP contribution is -2.49. The molecule has 1 N–H and O–H groups in total. The van der Waals surface area contributed by atoms with Crippen LogP contribution in [0.1, 0.15) is 20.8 Å². The average molecular weight is 314 g/mol. The van der Waals surface area contributed by atoms with E-state index in [0.29, 0.717) is 0 Å². The van der Waals surface area contributed by atoms with Crippen molar-refractivity contribution >= 4 is 28.4 Å². The van der Waals surface area contributed by atoms with E-state index in [1.54, 1.807) is 13.1 Å². The highest BCUT2D eigenvalue weighted by Crippen LogP contribution is 2.24. The quantitative estimate of drug-likeness (QED) is 0.859. The third-order valence-electron chi connectivity index (χ3n) is 3.66. The number of carbonyl (C=O) groups excluding carboxylic acids is 1. The fraction of sp³-hybridized carbons (Fsp3) is 0.375. The summed E-state index contributed by atoms with van der Waals surface area (Å²) in [6.07, 6.45) is 1.70. The number of nitriles is 1. The maximum atomic E-state index is 12.1. The van der Waals surface area contributed by atoms with Gasteiger partial charge in [-0.25, -0.2) is 0 Å². The van der Waals surface area contributed by atoms with E-state index in [1.165, 1.54) is 11.8 Å². The Kier molecular flexibility index (Phi) is 4.99. The van der Waals surface area contributed by atoms with Crippen LogP contribution in [0.15, 0.2) is 35.5 Å². The topological polar surface area (TPSA) is 78.7 Å². The van der Waals surface area contributed by atoms with Crippen LogP contribution in [0.3, 0.4) is 0 Å². The highest BCUT2D eigenvalue weighted by atomic mass is 32.2. The summed E-state index contributed by atoms with van der Waals surface area (Å²) >= 11 is 1.33. The van der Waals surface area contributed by atoms with Crippen LogP contribution in [0.2, 0.25) is 0 Å². The lowest BCUT2D eigenvalue weighted by Gasteiger charge is -2.27. The summed E-state index contributed by atoms with van der Waals surface area (Å²) in [5.74, 6) is 0.0495. The van der Waals surface area contributed by atoms with E-state index >= 15 is 0 Å². The first kappa shape index (κ1) is 16.2. The second-order valence-electron chi connectivity index (χ2n) is 5.54. The van der Waals surface area contributed by atoms with Crippen LogP contribution >= 0.6 is 11.8 Å². The van der Waals surface area contributed by atoms with Crippen LogP contribution in [-0.4, -0.2) is 27.4 Å². The van der Waals surface area contributed by atoms with Crippen molar-refractivity contribution in [2.24, 2.45) is 5.92 Å². The Hall–Kier alpha value is -2.13. The molecule has 2 rings (SSSR count). The fourth-order valence-electron chi connectivity index (χ4n) is 1.87. The normalized spacial score (nSPS) is 13.6. The molecular formula is C16H18N4OS. The zero-order valence-electron chi connectivity index (χ0n) is 12.8. The number of nitrogens with one attached hydrogen (secondary N) is 1. The van der Waals surface area contributed by atoms with Gasteiger partial charge in [0.15, 0.2) is 0 Å². The summed E-state index contributed by atoms with van der Waals surface area (Å²) in [5.41, 5.74) is -0.859. The van der Waals surface area contributed by atoms with Crippen LogP contribution in [0, 0.1) is 17.2 Å². The first-order chi connectivity index (χ1) is 10.5. The highest BCUT2D eigenvalue weighted by Gasteiger charge is 2.29. The molecule has 0 radical (unpaired) electrons. The molecule has 1 aromatic carbocycles. The van der Waals surface area contributed by atoms with E-state index < -0.39 is 5.54 Å². The Balaban J connectivity index is 2.06. The number of nitrogens with zero attached hydrogens (tertiary/aromatic N) is 3. The second-order valence-corrected chi connectivity index (χ2v) is 6.51. The van der Waals surface area contributed by atoms with Gasteiger partial charge in [0.2, 0.25) is 5.91 Å². The summed E-state index contributed by atoms with van der Waals surface area (Å²) in [6.45, 7) is 5.55. The van der Waals surface area contributed by atoms with Gasteiger partial charge in [-0.2, -0.15) is 10.4 Å². The molecule has 1 aromatic heterocycles. The number of hydrogen-bond donors (Lipinski definition) is 1. The Morgan fingerprint density at radius 1 is 1.45 bits per heavy atom. The van der Waals surface area contributed by atoms with Gasteiger partial charge in [0, 0.05) is 10.8 Å². The number of thioether (sulfide) groups is 1. The van der Waals surface area contributed by atoms with E-state index in [0.717, 1.165) is 15.8 Å². The molecule has 6 heteroatoms. The summed E-state index contributed by atoms with van der Waals surface area (Å²) in [7, 11) is 0. The van der Waals surface area contributed by atoms with Crippen molar-refractivity contribution in [3.63, 3.8) is 0 Å². The molecule has 0 saturated carbocycles. The molecule has 5 nitrogen and oxygen atoms in total. The van der Waals surface area contributed by atoms with Crippen molar-refractivity contribution in [3.05, 3.63) is 30.5 Å².